The number of nitrogens with zero attached hydrogens (tertiary/aromatic N) is 4. The van der Waals surface area contributed by atoms with E-state index in [4.69, 9.17) is 4.99 Å². The van der Waals surface area contributed by atoms with Crippen molar-refractivity contribution in [1.82, 2.24) is 20.2 Å². The molecule has 27 heavy (non-hydrogen) atoms. The molecule has 2 amide bonds. The van der Waals surface area contributed by atoms with Crippen LogP contribution in [0.3, 0.4) is 0 Å². The smallest absolute Gasteiger partial charge is 0.407 e. The van der Waals surface area contributed by atoms with E-state index in [1.807, 2.05) is 6.07 Å². The molecule has 0 unspecified atom stereocenters. The van der Waals surface area contributed by atoms with Crippen LogP contribution in [0.4, 0.5) is 4.79 Å². The molecule has 0 spiro atoms. The number of aliphatic imine (C=N–C) groups is 1. The van der Waals surface area contributed by atoms with Gasteiger partial charge < -0.3 is 15.3 Å². The van der Waals surface area contributed by atoms with Crippen LogP contribution in [0.15, 0.2) is 53.9 Å². The molecule has 9 heteroatoms. The number of carbonyl (C=O) groups excluding carboxylic acids is 1. The summed E-state index contributed by atoms with van der Waals surface area (Å²) in [7, 11) is 0. The van der Waals surface area contributed by atoms with Crippen LogP contribution in [0, 0.1) is 5.92 Å². The fourth-order valence-electron chi connectivity index (χ4n) is 3.45. The van der Waals surface area contributed by atoms with Crippen LogP contribution in [0.5, 0.6) is 0 Å². The molecule has 1 aromatic heterocycles. The SMILES string of the molecule is O=C(NC1=N[C@@]2(c3cnccn3)CN(C(=O)O)C[C@H]2CS1)c1ccccc1. The predicted octanol–water partition coefficient (Wildman–Crippen LogP) is 1.81. The third-order valence-electron chi connectivity index (χ3n) is 4.80. The lowest BCUT2D eigenvalue weighted by atomic mass is 9.86. The van der Waals surface area contributed by atoms with E-state index in [2.05, 4.69) is 15.3 Å². The molecular weight excluding hydrogens is 366 g/mol. The highest BCUT2D eigenvalue weighted by Gasteiger charge is 2.52. The van der Waals surface area contributed by atoms with Crippen molar-refractivity contribution in [3.05, 3.63) is 60.2 Å². The van der Waals surface area contributed by atoms with Crippen LogP contribution < -0.4 is 5.32 Å². The Balaban J connectivity index is 1.68. The van der Waals surface area contributed by atoms with Crippen LogP contribution in [0.25, 0.3) is 0 Å². The normalized spacial score (nSPS) is 24.1. The van der Waals surface area contributed by atoms with Crippen molar-refractivity contribution in [3.63, 3.8) is 0 Å². The first-order valence-electron chi connectivity index (χ1n) is 8.42. The fourth-order valence-corrected chi connectivity index (χ4v) is 4.58. The van der Waals surface area contributed by atoms with Crippen molar-refractivity contribution < 1.29 is 14.7 Å². The second-order valence-electron chi connectivity index (χ2n) is 6.42. The number of fused-ring (bicyclic) bond motifs is 1. The Kier molecular flexibility index (Phi) is 4.53. The summed E-state index contributed by atoms with van der Waals surface area (Å²) in [6.07, 6.45) is 3.78. The molecule has 1 saturated heterocycles. The molecule has 0 aliphatic carbocycles. The average Bonchev–Trinajstić information content (AvgIpc) is 3.10. The number of amidine groups is 1. The van der Waals surface area contributed by atoms with E-state index in [1.165, 1.54) is 16.7 Å². The standard InChI is InChI=1S/C18H17N5O3S/c24-15(12-4-2-1-3-5-12)21-16-22-18(14-8-19-6-7-20-14)11-23(17(25)26)9-13(18)10-27-16/h1-8,13H,9-11H2,(H,25,26)(H,21,22,24)/t13-,18-/m0/s1. The number of amides is 2. The van der Waals surface area contributed by atoms with Gasteiger partial charge >= 0.3 is 6.09 Å². The Morgan fingerprint density at radius 2 is 2.07 bits per heavy atom. The van der Waals surface area contributed by atoms with Gasteiger partial charge in [-0.15, -0.1) is 0 Å². The lowest BCUT2D eigenvalue weighted by Crippen LogP contribution is -2.43. The molecule has 4 rings (SSSR count). The van der Waals surface area contributed by atoms with Gasteiger partial charge in [-0.2, -0.15) is 0 Å². The minimum Gasteiger partial charge on any atom is -0.465 e. The molecule has 0 bridgehead atoms. The van der Waals surface area contributed by atoms with E-state index in [1.54, 1.807) is 42.9 Å². The number of rotatable bonds is 2. The molecule has 2 aliphatic heterocycles. The highest BCUT2D eigenvalue weighted by atomic mass is 32.2. The largest absolute Gasteiger partial charge is 0.465 e. The maximum absolute atomic E-state index is 12.5. The van der Waals surface area contributed by atoms with Crippen LogP contribution >= 0.6 is 11.8 Å². The molecule has 2 N–H and O–H groups in total. The molecule has 0 saturated carbocycles. The number of carboxylic acid groups (broad SMARTS) is 1. The first-order chi connectivity index (χ1) is 13.1. The number of aromatic nitrogens is 2. The first kappa shape index (κ1) is 17.5. The van der Waals surface area contributed by atoms with Gasteiger partial charge in [0.15, 0.2) is 5.17 Å². The lowest BCUT2D eigenvalue weighted by molar-refractivity contribution is 0.0977. The van der Waals surface area contributed by atoms with Crippen molar-refractivity contribution >= 4 is 28.9 Å². The Morgan fingerprint density at radius 3 is 2.78 bits per heavy atom. The van der Waals surface area contributed by atoms with Crippen molar-refractivity contribution in [2.75, 3.05) is 18.8 Å². The van der Waals surface area contributed by atoms with Gasteiger partial charge in [-0.25, -0.2) is 9.79 Å². The van der Waals surface area contributed by atoms with Crippen LogP contribution in [-0.2, 0) is 5.54 Å². The van der Waals surface area contributed by atoms with E-state index < -0.39 is 11.6 Å². The summed E-state index contributed by atoms with van der Waals surface area (Å²) < 4.78 is 0. The molecule has 2 atom stereocenters. The van der Waals surface area contributed by atoms with Gasteiger partial charge in [0.2, 0.25) is 0 Å². The van der Waals surface area contributed by atoms with Crippen LogP contribution in [0.2, 0.25) is 0 Å². The quantitative estimate of drug-likeness (QED) is 0.819. The summed E-state index contributed by atoms with van der Waals surface area (Å²) >= 11 is 1.42. The maximum atomic E-state index is 12.5. The van der Waals surface area contributed by atoms with Gasteiger partial charge in [-0.1, -0.05) is 30.0 Å². The van der Waals surface area contributed by atoms with Gasteiger partial charge in [0.05, 0.1) is 18.4 Å². The van der Waals surface area contributed by atoms with Crippen molar-refractivity contribution in [1.29, 1.82) is 0 Å². The summed E-state index contributed by atoms with van der Waals surface area (Å²) in [5.41, 5.74) is 0.317. The first-order valence-corrected chi connectivity index (χ1v) is 9.40. The summed E-state index contributed by atoms with van der Waals surface area (Å²) in [5.74, 6) is 0.351. The van der Waals surface area contributed by atoms with E-state index in [0.717, 1.165) is 0 Å². The third-order valence-corrected chi connectivity index (χ3v) is 5.84. The molecule has 2 aromatic rings. The summed E-state index contributed by atoms with van der Waals surface area (Å²) in [4.78, 5) is 38.7. The van der Waals surface area contributed by atoms with Crippen LogP contribution in [-0.4, -0.2) is 56.0 Å². The topological polar surface area (TPSA) is 108 Å². The highest BCUT2D eigenvalue weighted by molar-refractivity contribution is 8.13. The van der Waals surface area contributed by atoms with Crippen molar-refractivity contribution in [2.45, 2.75) is 5.54 Å². The lowest BCUT2D eigenvalue weighted by Gasteiger charge is -2.34. The summed E-state index contributed by atoms with van der Waals surface area (Å²) in [6.45, 7) is 0.569. The van der Waals surface area contributed by atoms with E-state index in [-0.39, 0.29) is 18.4 Å². The average molecular weight is 383 g/mol. The van der Waals surface area contributed by atoms with E-state index >= 15 is 0 Å². The molecule has 8 nitrogen and oxygen atoms in total. The molecule has 3 heterocycles. The Bertz CT molecular complexity index is 892. The molecular formula is C18H17N5O3S. The second kappa shape index (κ2) is 6.99. The fraction of sp³-hybridized carbons (Fsp3) is 0.278. The Labute approximate surface area is 159 Å². The van der Waals surface area contributed by atoms with Gasteiger partial charge in [-0.3, -0.25) is 14.8 Å². The van der Waals surface area contributed by atoms with E-state index in [0.29, 0.717) is 28.7 Å². The molecule has 0 radical (unpaired) electrons. The number of thioether (sulfide) groups is 1. The minimum atomic E-state index is -0.984. The van der Waals surface area contributed by atoms with Gasteiger partial charge in [0.25, 0.3) is 5.91 Å². The van der Waals surface area contributed by atoms with Crippen LogP contribution in [0.1, 0.15) is 16.1 Å². The molecule has 2 aliphatic rings. The Hall–Kier alpha value is -2.94. The maximum Gasteiger partial charge on any atom is 0.407 e. The van der Waals surface area contributed by atoms with Gasteiger partial charge in [0, 0.05) is 36.2 Å². The molecule has 1 fully saturated rings. The number of nitrogens with one attached hydrogen (secondary N) is 1. The molecule has 1 aromatic carbocycles. The Morgan fingerprint density at radius 1 is 1.26 bits per heavy atom. The molecule has 138 valence electrons. The van der Waals surface area contributed by atoms with Gasteiger partial charge in [0.1, 0.15) is 5.54 Å². The minimum absolute atomic E-state index is 0.0346. The monoisotopic (exact) mass is 383 g/mol. The van der Waals surface area contributed by atoms with Crippen molar-refractivity contribution in [3.8, 4) is 0 Å². The second-order valence-corrected chi connectivity index (χ2v) is 7.43. The predicted molar refractivity (Wildman–Crippen MR) is 101 cm³/mol. The highest BCUT2D eigenvalue weighted by Crippen LogP contribution is 2.44. The summed E-state index contributed by atoms with van der Waals surface area (Å²) in [5, 5.41) is 12.8. The zero-order valence-electron chi connectivity index (χ0n) is 14.3. The number of benzene rings is 1. The number of hydrogen-bond donors (Lipinski definition) is 2. The number of hydrogen-bond acceptors (Lipinski definition) is 6. The zero-order valence-corrected chi connectivity index (χ0v) is 15.1. The third kappa shape index (κ3) is 3.25. The van der Waals surface area contributed by atoms with E-state index in [9.17, 15) is 14.7 Å². The van der Waals surface area contributed by atoms with Gasteiger partial charge in [-0.05, 0) is 12.1 Å². The zero-order chi connectivity index (χ0) is 18.9. The summed E-state index contributed by atoms with van der Waals surface area (Å²) in [6, 6.07) is 8.89. The number of likely N-dealkylation sites (tertiary alicyclic amines) is 1. The van der Waals surface area contributed by atoms with Crippen molar-refractivity contribution in [2.24, 2.45) is 10.9 Å². The number of carbonyl (C=O) groups is 2.